The fraction of sp³-hybridized carbons (Fsp3) is 0.333. The zero-order valence-electron chi connectivity index (χ0n) is 17.2. The van der Waals surface area contributed by atoms with E-state index in [1.807, 2.05) is 18.2 Å². The number of aromatic nitrogens is 4. The van der Waals surface area contributed by atoms with E-state index in [0.717, 1.165) is 25.3 Å². The molecule has 0 aliphatic carbocycles. The Morgan fingerprint density at radius 1 is 1.13 bits per heavy atom. The molecule has 1 aromatic carbocycles. The summed E-state index contributed by atoms with van der Waals surface area (Å²) in [6.07, 6.45) is 2.89. The molecule has 3 aromatic rings. The first-order valence-electron chi connectivity index (χ1n) is 10.2. The first kappa shape index (κ1) is 19.3. The Kier molecular flexibility index (Phi) is 5.13. The van der Waals surface area contributed by atoms with Crippen LogP contribution >= 0.6 is 0 Å². The molecule has 0 radical (unpaired) electrons. The van der Waals surface area contributed by atoms with E-state index in [4.69, 9.17) is 9.47 Å². The van der Waals surface area contributed by atoms with E-state index >= 15 is 0 Å². The zero-order valence-corrected chi connectivity index (χ0v) is 17.2. The molecule has 2 aliphatic heterocycles. The number of carbonyl (C=O) groups is 1. The molecule has 31 heavy (non-hydrogen) atoms. The predicted molar refractivity (Wildman–Crippen MR) is 113 cm³/mol. The number of nitrogens with one attached hydrogen (secondary N) is 2. The maximum absolute atomic E-state index is 12.5. The molecule has 0 atom stereocenters. The summed E-state index contributed by atoms with van der Waals surface area (Å²) in [5.41, 5.74) is 2.49. The molecule has 2 N–H and O–H groups in total. The van der Waals surface area contributed by atoms with Crippen LogP contribution in [0.1, 0.15) is 16.9 Å². The third-order valence-corrected chi connectivity index (χ3v) is 5.32. The van der Waals surface area contributed by atoms with Gasteiger partial charge in [-0.2, -0.15) is 5.10 Å². The standard InChI is InChI=1S/C21H23N7O3/c1-27-17(20(29)22-7-10-28-8-2-9-28)12-16(26-27)15-5-6-23-21(25-15)24-14-3-4-18-19(11-14)31-13-30-18/h3-6,11-12H,2,7-10,13H2,1H3,(H,22,29)(H,23,24,25). The lowest BCUT2D eigenvalue weighted by molar-refractivity contribution is 0.0932. The van der Waals surface area contributed by atoms with Crippen molar-refractivity contribution >= 4 is 17.5 Å². The monoisotopic (exact) mass is 421 g/mol. The topological polar surface area (TPSA) is 106 Å². The van der Waals surface area contributed by atoms with E-state index in [-0.39, 0.29) is 12.7 Å². The Morgan fingerprint density at radius 2 is 2.00 bits per heavy atom. The fourth-order valence-electron chi connectivity index (χ4n) is 3.49. The molecule has 2 aliphatic rings. The number of benzene rings is 1. The second kappa shape index (κ2) is 8.23. The van der Waals surface area contributed by atoms with Gasteiger partial charge in [0.25, 0.3) is 5.91 Å². The number of nitrogens with zero attached hydrogens (tertiary/aromatic N) is 5. The van der Waals surface area contributed by atoms with Gasteiger partial charge in [-0.1, -0.05) is 0 Å². The van der Waals surface area contributed by atoms with Crippen LogP contribution in [0, 0.1) is 0 Å². The van der Waals surface area contributed by atoms with E-state index in [1.54, 1.807) is 30.1 Å². The zero-order chi connectivity index (χ0) is 21.2. The first-order chi connectivity index (χ1) is 15.2. The molecule has 0 bridgehead atoms. The summed E-state index contributed by atoms with van der Waals surface area (Å²) in [6, 6.07) is 9.04. The third-order valence-electron chi connectivity index (χ3n) is 5.32. The quantitative estimate of drug-likeness (QED) is 0.595. The number of fused-ring (bicyclic) bond motifs is 1. The minimum absolute atomic E-state index is 0.144. The van der Waals surface area contributed by atoms with Crippen LogP contribution in [-0.4, -0.2) is 63.5 Å². The normalized spacial score (nSPS) is 14.9. The van der Waals surface area contributed by atoms with E-state index < -0.39 is 0 Å². The average molecular weight is 421 g/mol. The summed E-state index contributed by atoms with van der Waals surface area (Å²) in [5, 5.41) is 10.6. The lowest BCUT2D eigenvalue weighted by Crippen LogP contribution is -2.42. The summed E-state index contributed by atoms with van der Waals surface area (Å²) in [5.74, 6) is 1.66. The Balaban J connectivity index is 1.28. The van der Waals surface area contributed by atoms with Crippen LogP contribution in [0.5, 0.6) is 11.5 Å². The molecule has 10 nitrogen and oxygen atoms in total. The van der Waals surface area contributed by atoms with Crippen LogP contribution in [0.25, 0.3) is 11.4 Å². The number of hydrogen-bond acceptors (Lipinski definition) is 8. The summed E-state index contributed by atoms with van der Waals surface area (Å²) in [7, 11) is 1.75. The Morgan fingerprint density at radius 3 is 2.84 bits per heavy atom. The van der Waals surface area contributed by atoms with Gasteiger partial charge in [-0.15, -0.1) is 0 Å². The number of likely N-dealkylation sites (tertiary alicyclic amines) is 1. The number of ether oxygens (including phenoxy) is 2. The highest BCUT2D eigenvalue weighted by Crippen LogP contribution is 2.34. The second-order valence-electron chi connectivity index (χ2n) is 7.45. The van der Waals surface area contributed by atoms with Crippen molar-refractivity contribution in [2.24, 2.45) is 7.05 Å². The van der Waals surface area contributed by atoms with Crippen LogP contribution in [0.3, 0.4) is 0 Å². The van der Waals surface area contributed by atoms with Crippen molar-refractivity contribution in [3.63, 3.8) is 0 Å². The second-order valence-corrected chi connectivity index (χ2v) is 7.45. The Labute approximate surface area is 179 Å². The van der Waals surface area contributed by atoms with E-state index in [1.165, 1.54) is 6.42 Å². The SMILES string of the molecule is Cn1nc(-c2ccnc(Nc3ccc4c(c3)OCO4)n2)cc1C(=O)NCCN1CCC1. The van der Waals surface area contributed by atoms with Gasteiger partial charge >= 0.3 is 0 Å². The van der Waals surface area contributed by atoms with Gasteiger partial charge in [0.05, 0.1) is 5.69 Å². The number of carbonyl (C=O) groups excluding carboxylic acids is 1. The molecule has 1 amide bonds. The van der Waals surface area contributed by atoms with Gasteiger partial charge in [-0.05, 0) is 43.8 Å². The fourth-order valence-corrected chi connectivity index (χ4v) is 3.49. The molecule has 1 saturated heterocycles. The lowest BCUT2D eigenvalue weighted by atomic mass is 10.2. The number of aryl methyl sites for hydroxylation is 1. The van der Waals surface area contributed by atoms with E-state index in [2.05, 4.69) is 30.6 Å². The number of amides is 1. The van der Waals surface area contributed by atoms with Crippen molar-refractivity contribution < 1.29 is 14.3 Å². The Hall–Kier alpha value is -3.66. The summed E-state index contributed by atoms with van der Waals surface area (Å²) < 4.78 is 12.3. The van der Waals surface area contributed by atoms with Crippen LogP contribution in [-0.2, 0) is 7.05 Å². The highest BCUT2D eigenvalue weighted by molar-refractivity contribution is 5.93. The predicted octanol–water partition coefficient (Wildman–Crippen LogP) is 1.78. The highest BCUT2D eigenvalue weighted by Gasteiger charge is 2.18. The van der Waals surface area contributed by atoms with Gasteiger partial charge < -0.3 is 25.0 Å². The van der Waals surface area contributed by atoms with Crippen molar-refractivity contribution in [1.29, 1.82) is 0 Å². The Bertz CT molecular complexity index is 1110. The maximum Gasteiger partial charge on any atom is 0.269 e. The molecule has 5 rings (SSSR count). The minimum Gasteiger partial charge on any atom is -0.454 e. The van der Waals surface area contributed by atoms with Crippen molar-refractivity contribution in [1.82, 2.24) is 30.0 Å². The van der Waals surface area contributed by atoms with Crippen molar-refractivity contribution in [2.45, 2.75) is 6.42 Å². The molecular weight excluding hydrogens is 398 g/mol. The van der Waals surface area contributed by atoms with Gasteiger partial charge in [0.1, 0.15) is 11.4 Å². The highest BCUT2D eigenvalue weighted by atomic mass is 16.7. The van der Waals surface area contributed by atoms with E-state index in [0.29, 0.717) is 41.1 Å². The number of anilines is 2. The molecule has 160 valence electrons. The molecule has 0 saturated carbocycles. The largest absolute Gasteiger partial charge is 0.454 e. The third kappa shape index (κ3) is 4.15. The summed E-state index contributed by atoms with van der Waals surface area (Å²) in [6.45, 7) is 3.94. The van der Waals surface area contributed by atoms with Crippen molar-refractivity contribution in [3.8, 4) is 22.9 Å². The van der Waals surface area contributed by atoms with Gasteiger partial charge in [0.15, 0.2) is 11.5 Å². The van der Waals surface area contributed by atoms with Gasteiger partial charge in [-0.25, -0.2) is 9.97 Å². The molecule has 4 heterocycles. The van der Waals surface area contributed by atoms with Crippen LogP contribution in [0.15, 0.2) is 36.5 Å². The van der Waals surface area contributed by atoms with Crippen LogP contribution < -0.4 is 20.1 Å². The maximum atomic E-state index is 12.5. The molecule has 1 fully saturated rings. The van der Waals surface area contributed by atoms with Gasteiger partial charge in [0, 0.05) is 38.1 Å². The minimum atomic E-state index is -0.144. The van der Waals surface area contributed by atoms with Crippen LogP contribution in [0.4, 0.5) is 11.6 Å². The summed E-state index contributed by atoms with van der Waals surface area (Å²) in [4.78, 5) is 23.7. The molecule has 2 aromatic heterocycles. The molecule has 10 heteroatoms. The van der Waals surface area contributed by atoms with E-state index in [9.17, 15) is 4.79 Å². The van der Waals surface area contributed by atoms with Crippen molar-refractivity contribution in [2.75, 3.05) is 38.3 Å². The van der Waals surface area contributed by atoms with Crippen LogP contribution in [0.2, 0.25) is 0 Å². The van der Waals surface area contributed by atoms with Crippen molar-refractivity contribution in [3.05, 3.63) is 42.2 Å². The molecular formula is C21H23N7O3. The average Bonchev–Trinajstić information content (AvgIpc) is 3.36. The number of hydrogen-bond donors (Lipinski definition) is 2. The first-order valence-corrected chi connectivity index (χ1v) is 10.2. The number of rotatable bonds is 7. The molecule has 0 unspecified atom stereocenters. The van der Waals surface area contributed by atoms with Gasteiger partial charge in [-0.3, -0.25) is 9.48 Å². The molecule has 0 spiro atoms. The lowest BCUT2D eigenvalue weighted by Gasteiger charge is -2.30. The smallest absolute Gasteiger partial charge is 0.269 e. The van der Waals surface area contributed by atoms with Gasteiger partial charge in [0.2, 0.25) is 12.7 Å². The summed E-state index contributed by atoms with van der Waals surface area (Å²) >= 11 is 0.